The molecule has 1 fully saturated rings. The first-order chi connectivity index (χ1) is 15.1. The van der Waals surface area contributed by atoms with Crippen molar-refractivity contribution in [3.05, 3.63) is 71.5 Å². The van der Waals surface area contributed by atoms with Crippen molar-refractivity contribution in [1.29, 1.82) is 0 Å². The molecule has 2 atom stereocenters. The van der Waals surface area contributed by atoms with E-state index >= 15 is 0 Å². The first-order valence-corrected chi connectivity index (χ1v) is 12.2. The minimum Gasteiger partial charge on any atom is -0.426 e. The van der Waals surface area contributed by atoms with Crippen LogP contribution in [0.3, 0.4) is 0 Å². The third-order valence-corrected chi connectivity index (χ3v) is 7.05. The Hall–Kier alpha value is -1.95. The van der Waals surface area contributed by atoms with Crippen molar-refractivity contribution in [3.8, 4) is 5.75 Å². The minimum absolute atomic E-state index is 0.0842. The molecule has 2 aromatic heterocycles. The second kappa shape index (κ2) is 8.89. The fourth-order valence-corrected chi connectivity index (χ4v) is 5.54. The summed E-state index contributed by atoms with van der Waals surface area (Å²) >= 11 is 6.14. The van der Waals surface area contributed by atoms with E-state index in [4.69, 9.17) is 25.2 Å². The van der Waals surface area contributed by atoms with Gasteiger partial charge in [-0.05, 0) is 35.9 Å². The first kappa shape index (κ1) is 20.9. The van der Waals surface area contributed by atoms with Crippen LogP contribution >= 0.6 is 28.6 Å². The Bertz CT molecular complexity index is 1260. The summed E-state index contributed by atoms with van der Waals surface area (Å²) in [6, 6.07) is 15.0. The van der Waals surface area contributed by atoms with Gasteiger partial charge in [-0.2, -0.15) is 0 Å². The van der Waals surface area contributed by atoms with Gasteiger partial charge >= 0.3 is 8.60 Å². The molecule has 10 heteroatoms. The number of hydrogen-bond donors (Lipinski definition) is 2. The van der Waals surface area contributed by atoms with Gasteiger partial charge in [-0.15, -0.1) is 0 Å². The van der Waals surface area contributed by atoms with Gasteiger partial charge < -0.3 is 23.4 Å². The van der Waals surface area contributed by atoms with Crippen molar-refractivity contribution in [3.63, 3.8) is 0 Å². The SMILES string of the molecule is OP(O)Oc1ccnc2c1ccc1cc(P3OCCC(c4cccc(Cl)c4)O3)cnc12. The van der Waals surface area contributed by atoms with Crippen LogP contribution in [0.4, 0.5) is 0 Å². The highest BCUT2D eigenvalue weighted by Crippen LogP contribution is 2.48. The highest BCUT2D eigenvalue weighted by Gasteiger charge is 2.27. The third-order valence-electron chi connectivity index (χ3n) is 4.93. The van der Waals surface area contributed by atoms with Crippen LogP contribution in [0.15, 0.2) is 60.9 Å². The number of pyridine rings is 2. The molecule has 7 nitrogen and oxygen atoms in total. The summed E-state index contributed by atoms with van der Waals surface area (Å²) in [6.07, 6.45) is 3.97. The summed E-state index contributed by atoms with van der Waals surface area (Å²) < 4.78 is 17.3. The number of nitrogens with zero attached hydrogens (tertiary/aromatic N) is 2. The van der Waals surface area contributed by atoms with Gasteiger partial charge in [-0.1, -0.05) is 29.8 Å². The van der Waals surface area contributed by atoms with Gasteiger partial charge in [0.15, 0.2) is 0 Å². The van der Waals surface area contributed by atoms with Gasteiger partial charge in [0.25, 0.3) is 0 Å². The number of rotatable bonds is 4. The van der Waals surface area contributed by atoms with E-state index in [9.17, 15) is 9.79 Å². The maximum absolute atomic E-state index is 9.21. The predicted molar refractivity (Wildman–Crippen MR) is 121 cm³/mol. The van der Waals surface area contributed by atoms with Crippen molar-refractivity contribution in [2.24, 2.45) is 0 Å². The lowest BCUT2D eigenvalue weighted by Gasteiger charge is -2.29. The molecule has 0 spiro atoms. The molecule has 5 rings (SSSR count). The fourth-order valence-electron chi connectivity index (χ4n) is 3.55. The number of halogens is 1. The van der Waals surface area contributed by atoms with Crippen molar-refractivity contribution in [1.82, 2.24) is 9.97 Å². The normalized spacial score (nSPS) is 19.2. The molecule has 1 aliphatic rings. The van der Waals surface area contributed by atoms with E-state index in [1.807, 2.05) is 42.5 Å². The maximum Gasteiger partial charge on any atom is 0.391 e. The fraction of sp³-hybridized carbons (Fsp3) is 0.143. The molecular weight excluding hydrogens is 458 g/mol. The Kier molecular flexibility index (Phi) is 6.00. The number of aromatic nitrogens is 2. The molecule has 1 aliphatic heterocycles. The standard InChI is InChI=1S/C21H17ClN2O5P2/c22-15-3-1-2-13(10-15)18-7-9-27-30(28-18)16-11-14-4-5-17-19(29-31(25)26)6-8-23-21(17)20(14)24-12-16/h1-6,8,10-12,18,25-26H,7,9H2. The van der Waals surface area contributed by atoms with Gasteiger partial charge in [0.2, 0.25) is 8.38 Å². The molecule has 3 heterocycles. The van der Waals surface area contributed by atoms with Crippen molar-refractivity contribution in [2.45, 2.75) is 12.5 Å². The summed E-state index contributed by atoms with van der Waals surface area (Å²) in [7, 11) is -3.81. The van der Waals surface area contributed by atoms with Crippen LogP contribution in [0.1, 0.15) is 18.1 Å². The van der Waals surface area contributed by atoms with E-state index in [2.05, 4.69) is 9.97 Å². The quantitative estimate of drug-likeness (QED) is 0.312. The summed E-state index contributed by atoms with van der Waals surface area (Å²) in [6.45, 7) is 0.589. The van der Waals surface area contributed by atoms with Crippen molar-refractivity contribution >= 4 is 55.7 Å². The maximum atomic E-state index is 9.21. The smallest absolute Gasteiger partial charge is 0.391 e. The second-order valence-electron chi connectivity index (χ2n) is 6.91. The molecule has 2 unspecified atom stereocenters. The molecule has 0 amide bonds. The van der Waals surface area contributed by atoms with E-state index in [0.29, 0.717) is 33.8 Å². The Morgan fingerprint density at radius 2 is 2.00 bits per heavy atom. The Balaban J connectivity index is 1.47. The minimum atomic E-state index is -2.52. The molecule has 0 bridgehead atoms. The summed E-state index contributed by atoms with van der Waals surface area (Å²) in [5.74, 6) is 0.349. The highest BCUT2D eigenvalue weighted by atomic mass is 35.5. The molecule has 158 valence electrons. The largest absolute Gasteiger partial charge is 0.426 e. The molecule has 0 saturated carbocycles. The third kappa shape index (κ3) is 4.36. The van der Waals surface area contributed by atoms with Crippen LogP contribution in [-0.4, -0.2) is 26.4 Å². The summed E-state index contributed by atoms with van der Waals surface area (Å²) in [4.78, 5) is 27.4. The molecular formula is C21H17ClN2O5P2. The van der Waals surface area contributed by atoms with Crippen LogP contribution in [0.25, 0.3) is 21.8 Å². The van der Waals surface area contributed by atoms with Gasteiger partial charge in [-0.3, -0.25) is 9.97 Å². The zero-order valence-corrected chi connectivity index (χ0v) is 18.6. The Morgan fingerprint density at radius 3 is 2.84 bits per heavy atom. The van der Waals surface area contributed by atoms with Crippen LogP contribution in [0.5, 0.6) is 5.75 Å². The van der Waals surface area contributed by atoms with E-state index in [-0.39, 0.29) is 6.10 Å². The van der Waals surface area contributed by atoms with Gasteiger partial charge in [0.1, 0.15) is 11.3 Å². The Labute approximate surface area is 185 Å². The number of fused-ring (bicyclic) bond motifs is 3. The van der Waals surface area contributed by atoms with E-state index in [1.54, 1.807) is 18.5 Å². The monoisotopic (exact) mass is 474 g/mol. The van der Waals surface area contributed by atoms with Crippen LogP contribution in [0.2, 0.25) is 5.02 Å². The highest BCUT2D eigenvalue weighted by molar-refractivity contribution is 7.56. The van der Waals surface area contributed by atoms with E-state index < -0.39 is 17.0 Å². The van der Waals surface area contributed by atoms with Gasteiger partial charge in [0.05, 0.1) is 18.2 Å². The molecule has 2 aromatic carbocycles. The lowest BCUT2D eigenvalue weighted by molar-refractivity contribution is 0.113. The summed E-state index contributed by atoms with van der Waals surface area (Å²) in [5, 5.41) is 3.09. The Morgan fingerprint density at radius 1 is 1.10 bits per heavy atom. The van der Waals surface area contributed by atoms with E-state index in [1.165, 1.54) is 0 Å². The lowest BCUT2D eigenvalue weighted by Crippen LogP contribution is -2.17. The molecule has 31 heavy (non-hydrogen) atoms. The van der Waals surface area contributed by atoms with Gasteiger partial charge in [-0.25, -0.2) is 0 Å². The van der Waals surface area contributed by atoms with Gasteiger partial charge in [0, 0.05) is 39.9 Å². The van der Waals surface area contributed by atoms with Crippen LogP contribution < -0.4 is 9.83 Å². The first-order valence-electron chi connectivity index (χ1n) is 9.47. The molecule has 2 N–H and O–H groups in total. The number of benzene rings is 2. The van der Waals surface area contributed by atoms with Crippen LogP contribution in [0, 0.1) is 0 Å². The van der Waals surface area contributed by atoms with Crippen molar-refractivity contribution < 1.29 is 23.4 Å². The predicted octanol–water partition coefficient (Wildman–Crippen LogP) is 5.14. The number of hydrogen-bond acceptors (Lipinski definition) is 7. The molecule has 4 aromatic rings. The average molecular weight is 475 g/mol. The summed E-state index contributed by atoms with van der Waals surface area (Å²) in [5.41, 5.74) is 2.34. The molecule has 0 aliphatic carbocycles. The lowest BCUT2D eigenvalue weighted by atomic mass is 10.1. The van der Waals surface area contributed by atoms with Crippen molar-refractivity contribution in [2.75, 3.05) is 6.61 Å². The average Bonchev–Trinajstić information content (AvgIpc) is 2.78. The molecule has 1 saturated heterocycles. The zero-order valence-electron chi connectivity index (χ0n) is 16.1. The van der Waals surface area contributed by atoms with Crippen LogP contribution in [-0.2, 0) is 9.05 Å². The topological polar surface area (TPSA) is 93.9 Å². The van der Waals surface area contributed by atoms with E-state index in [0.717, 1.165) is 22.7 Å². The second-order valence-corrected chi connectivity index (χ2v) is 9.53. The molecule has 0 radical (unpaired) electrons. The zero-order chi connectivity index (χ0) is 21.4.